The van der Waals surface area contributed by atoms with E-state index in [1.807, 2.05) is 20.8 Å². The van der Waals surface area contributed by atoms with E-state index in [1.165, 1.54) is 12.8 Å². The van der Waals surface area contributed by atoms with Crippen molar-refractivity contribution >= 4 is 6.09 Å². The first-order valence-corrected chi connectivity index (χ1v) is 7.00. The number of nitrogens with one attached hydrogen (secondary N) is 1. The van der Waals surface area contributed by atoms with Crippen molar-refractivity contribution in [1.82, 2.24) is 5.32 Å². The predicted molar refractivity (Wildman–Crippen MR) is 73.3 cm³/mol. The maximum absolute atomic E-state index is 11.5. The second kappa shape index (κ2) is 6.41. The lowest BCUT2D eigenvalue weighted by Gasteiger charge is -2.31. The first kappa shape index (κ1) is 15.3. The van der Waals surface area contributed by atoms with Crippen molar-refractivity contribution in [2.24, 2.45) is 17.6 Å². The van der Waals surface area contributed by atoms with E-state index < -0.39 is 5.60 Å². The molecule has 1 aliphatic carbocycles. The fourth-order valence-corrected chi connectivity index (χ4v) is 2.46. The van der Waals surface area contributed by atoms with E-state index >= 15 is 0 Å². The molecule has 3 N–H and O–H groups in total. The van der Waals surface area contributed by atoms with Crippen molar-refractivity contribution in [1.29, 1.82) is 0 Å². The van der Waals surface area contributed by atoms with Crippen LogP contribution in [0.15, 0.2) is 0 Å². The normalized spacial score (nSPS) is 26.5. The Morgan fingerprint density at radius 1 is 1.33 bits per heavy atom. The minimum absolute atomic E-state index is 0.296. The largest absolute Gasteiger partial charge is 0.444 e. The molecule has 0 aromatic rings. The Labute approximate surface area is 111 Å². The Balaban J connectivity index is 2.20. The highest BCUT2D eigenvalue weighted by Gasteiger charge is 2.24. The summed E-state index contributed by atoms with van der Waals surface area (Å²) in [4.78, 5) is 11.5. The zero-order valence-corrected chi connectivity index (χ0v) is 12.2. The van der Waals surface area contributed by atoms with Crippen LogP contribution in [0, 0.1) is 11.8 Å². The minimum atomic E-state index is -0.420. The van der Waals surface area contributed by atoms with E-state index in [9.17, 15) is 4.79 Å². The summed E-state index contributed by atoms with van der Waals surface area (Å²) in [5.41, 5.74) is 5.49. The van der Waals surface area contributed by atoms with E-state index in [-0.39, 0.29) is 6.09 Å². The fraction of sp³-hybridized carbons (Fsp3) is 0.929. The van der Waals surface area contributed by atoms with Crippen LogP contribution in [0.25, 0.3) is 0 Å². The van der Waals surface area contributed by atoms with Gasteiger partial charge in [-0.2, -0.15) is 0 Å². The van der Waals surface area contributed by atoms with Crippen LogP contribution in [0.4, 0.5) is 4.79 Å². The van der Waals surface area contributed by atoms with Crippen molar-refractivity contribution in [2.45, 2.75) is 65.0 Å². The molecule has 0 aromatic heterocycles. The average molecular weight is 256 g/mol. The second-order valence-corrected chi connectivity index (χ2v) is 6.52. The number of nitrogens with two attached hydrogens (primary N) is 1. The summed E-state index contributed by atoms with van der Waals surface area (Å²) in [5, 5.41) is 2.86. The van der Waals surface area contributed by atoms with Gasteiger partial charge in [0.15, 0.2) is 0 Å². The number of carbonyl (C=O) groups excluding carboxylic acids is 1. The van der Waals surface area contributed by atoms with Gasteiger partial charge in [-0.3, -0.25) is 0 Å². The molecule has 0 unspecified atom stereocenters. The van der Waals surface area contributed by atoms with Gasteiger partial charge in [0.05, 0.1) is 0 Å². The lowest BCUT2D eigenvalue weighted by Crippen LogP contribution is -2.37. The number of alkyl carbamates (subject to hydrolysis) is 1. The van der Waals surface area contributed by atoms with Gasteiger partial charge in [0.1, 0.15) is 5.60 Å². The SMILES string of the molecule is C[C@H](N)C1CCC(CNC(=O)OC(C)(C)C)CC1. The quantitative estimate of drug-likeness (QED) is 0.816. The highest BCUT2D eigenvalue weighted by atomic mass is 16.6. The monoisotopic (exact) mass is 256 g/mol. The van der Waals surface area contributed by atoms with Crippen molar-refractivity contribution in [3.63, 3.8) is 0 Å². The highest BCUT2D eigenvalue weighted by Crippen LogP contribution is 2.29. The van der Waals surface area contributed by atoms with Gasteiger partial charge in [0, 0.05) is 12.6 Å². The second-order valence-electron chi connectivity index (χ2n) is 6.52. The molecule has 1 saturated carbocycles. The molecule has 0 aliphatic heterocycles. The van der Waals surface area contributed by atoms with Gasteiger partial charge in [-0.1, -0.05) is 0 Å². The third-order valence-corrected chi connectivity index (χ3v) is 3.57. The van der Waals surface area contributed by atoms with Crippen LogP contribution >= 0.6 is 0 Å². The summed E-state index contributed by atoms with van der Waals surface area (Å²) in [7, 11) is 0. The molecule has 1 amide bonds. The molecular weight excluding hydrogens is 228 g/mol. The van der Waals surface area contributed by atoms with Crippen LogP contribution in [-0.2, 0) is 4.74 Å². The third kappa shape index (κ3) is 5.71. The molecule has 0 spiro atoms. The standard InChI is InChI=1S/C14H28N2O2/c1-10(15)12-7-5-11(6-8-12)9-16-13(17)18-14(2,3)4/h10-12H,5-9,15H2,1-4H3,(H,16,17)/t10-,11?,12?/m0/s1. The smallest absolute Gasteiger partial charge is 0.407 e. The summed E-state index contributed by atoms with van der Waals surface area (Å²) in [6.07, 6.45) is 4.36. The number of carbonyl (C=O) groups is 1. The average Bonchev–Trinajstić information content (AvgIpc) is 2.24. The number of hydrogen-bond donors (Lipinski definition) is 2. The van der Waals surface area contributed by atoms with Gasteiger partial charge >= 0.3 is 6.09 Å². The van der Waals surface area contributed by atoms with Crippen LogP contribution < -0.4 is 11.1 Å². The topological polar surface area (TPSA) is 64.3 Å². The molecule has 1 aliphatic rings. The van der Waals surface area contributed by atoms with Gasteiger partial charge in [0.2, 0.25) is 0 Å². The van der Waals surface area contributed by atoms with E-state index in [0.29, 0.717) is 17.9 Å². The Morgan fingerprint density at radius 3 is 2.33 bits per heavy atom. The summed E-state index contributed by atoms with van der Waals surface area (Å²) >= 11 is 0. The van der Waals surface area contributed by atoms with Gasteiger partial charge in [-0.15, -0.1) is 0 Å². The Kier molecular flexibility index (Phi) is 5.45. The van der Waals surface area contributed by atoms with Crippen molar-refractivity contribution in [3.05, 3.63) is 0 Å². The lowest BCUT2D eigenvalue weighted by atomic mass is 9.79. The highest BCUT2D eigenvalue weighted by molar-refractivity contribution is 5.67. The number of ether oxygens (including phenoxy) is 1. The van der Waals surface area contributed by atoms with Gasteiger partial charge in [-0.05, 0) is 65.2 Å². The minimum Gasteiger partial charge on any atom is -0.444 e. The Morgan fingerprint density at radius 2 is 1.89 bits per heavy atom. The first-order chi connectivity index (χ1) is 8.28. The molecule has 106 valence electrons. The van der Waals surface area contributed by atoms with Crippen LogP contribution in [0.5, 0.6) is 0 Å². The van der Waals surface area contributed by atoms with Gasteiger partial charge in [0.25, 0.3) is 0 Å². The maximum Gasteiger partial charge on any atom is 0.407 e. The van der Waals surface area contributed by atoms with Crippen LogP contribution in [0.2, 0.25) is 0 Å². The molecule has 0 radical (unpaired) electrons. The number of amides is 1. The molecule has 0 bridgehead atoms. The summed E-state index contributed by atoms with van der Waals surface area (Å²) in [6.45, 7) is 8.44. The van der Waals surface area contributed by atoms with E-state index in [2.05, 4.69) is 12.2 Å². The molecule has 0 saturated heterocycles. The summed E-state index contributed by atoms with van der Waals surface area (Å²) < 4.78 is 5.22. The van der Waals surface area contributed by atoms with E-state index in [0.717, 1.165) is 19.4 Å². The maximum atomic E-state index is 11.5. The molecule has 1 rings (SSSR count). The predicted octanol–water partition coefficient (Wildman–Crippen LogP) is 2.66. The third-order valence-electron chi connectivity index (χ3n) is 3.57. The zero-order valence-electron chi connectivity index (χ0n) is 12.2. The van der Waals surface area contributed by atoms with E-state index in [1.54, 1.807) is 0 Å². The van der Waals surface area contributed by atoms with Crippen LogP contribution in [0.1, 0.15) is 53.4 Å². The van der Waals surface area contributed by atoms with Crippen LogP contribution in [-0.4, -0.2) is 24.3 Å². The molecule has 4 nitrogen and oxygen atoms in total. The molecule has 4 heteroatoms. The summed E-state index contributed by atoms with van der Waals surface area (Å²) in [5.74, 6) is 1.23. The Bertz CT molecular complexity index is 263. The zero-order chi connectivity index (χ0) is 13.8. The van der Waals surface area contributed by atoms with Gasteiger partial charge < -0.3 is 15.8 Å². The first-order valence-electron chi connectivity index (χ1n) is 7.00. The van der Waals surface area contributed by atoms with Crippen LogP contribution in [0.3, 0.4) is 0 Å². The summed E-state index contributed by atoms with van der Waals surface area (Å²) in [6, 6.07) is 0.296. The van der Waals surface area contributed by atoms with Crippen molar-refractivity contribution < 1.29 is 9.53 Å². The van der Waals surface area contributed by atoms with Crippen molar-refractivity contribution in [3.8, 4) is 0 Å². The Hall–Kier alpha value is -0.770. The molecular formula is C14H28N2O2. The van der Waals surface area contributed by atoms with Crippen molar-refractivity contribution in [2.75, 3.05) is 6.54 Å². The van der Waals surface area contributed by atoms with E-state index in [4.69, 9.17) is 10.5 Å². The fourth-order valence-electron chi connectivity index (χ4n) is 2.46. The molecule has 1 atom stereocenters. The number of hydrogen-bond acceptors (Lipinski definition) is 3. The molecule has 0 heterocycles. The molecule has 1 fully saturated rings. The molecule has 0 aromatic carbocycles. The lowest BCUT2D eigenvalue weighted by molar-refractivity contribution is 0.0512. The molecule has 18 heavy (non-hydrogen) atoms. The van der Waals surface area contributed by atoms with Gasteiger partial charge in [-0.25, -0.2) is 4.79 Å². The number of rotatable bonds is 3.